The van der Waals surface area contributed by atoms with E-state index in [0.29, 0.717) is 0 Å². The van der Waals surface area contributed by atoms with Gasteiger partial charge in [-0.2, -0.15) is 0 Å². The monoisotopic (exact) mass is 466 g/mol. The maximum atomic E-state index is 14.5. The second-order valence-corrected chi connectivity index (χ2v) is 7.46. The third kappa shape index (κ3) is 3.51. The molecule has 5 aromatic rings. The molecule has 1 N–H and O–H groups in total. The highest BCUT2D eigenvalue weighted by Crippen LogP contribution is 2.35. The molecule has 0 unspecified atom stereocenters. The second kappa shape index (κ2) is 7.87. The number of fused-ring (bicyclic) bond motifs is 2. The largest absolute Gasteiger partial charge is 0.478 e. The Kier molecular flexibility index (Phi) is 4.97. The molecule has 168 valence electrons. The number of aromatic carboxylic acids is 1. The van der Waals surface area contributed by atoms with Crippen LogP contribution in [-0.2, 0) is 0 Å². The van der Waals surface area contributed by atoms with Crippen molar-refractivity contribution in [3.8, 4) is 22.5 Å². The fourth-order valence-corrected chi connectivity index (χ4v) is 3.78. The molecule has 2 heterocycles. The number of nitrogens with zero attached hydrogens (tertiary/aromatic N) is 2. The van der Waals surface area contributed by atoms with E-state index in [1.165, 1.54) is 24.3 Å². The highest BCUT2D eigenvalue weighted by molar-refractivity contribution is 6.05. The van der Waals surface area contributed by atoms with Gasteiger partial charge in [-0.1, -0.05) is 0 Å². The predicted molar refractivity (Wildman–Crippen MR) is 115 cm³/mol. The summed E-state index contributed by atoms with van der Waals surface area (Å²) < 4.78 is 69.7. The van der Waals surface area contributed by atoms with Gasteiger partial charge in [-0.3, -0.25) is 0 Å². The van der Waals surface area contributed by atoms with Gasteiger partial charge in [0.25, 0.3) is 0 Å². The normalized spacial score (nSPS) is 11.3. The van der Waals surface area contributed by atoms with Crippen LogP contribution in [0.1, 0.15) is 10.4 Å². The van der Waals surface area contributed by atoms with Crippen molar-refractivity contribution >= 4 is 27.8 Å². The summed E-state index contributed by atoms with van der Waals surface area (Å²) in [6.45, 7) is 0. The number of aromatic nitrogens is 2. The van der Waals surface area contributed by atoms with Crippen LogP contribution in [0.3, 0.4) is 0 Å². The molecular weight excluding hydrogens is 455 g/mol. The molecule has 0 spiro atoms. The summed E-state index contributed by atoms with van der Waals surface area (Å²) in [7, 11) is 0. The summed E-state index contributed by atoms with van der Waals surface area (Å²) in [5.74, 6) is -7.15. The van der Waals surface area contributed by atoms with Crippen LogP contribution in [0.15, 0.2) is 60.7 Å². The van der Waals surface area contributed by atoms with Gasteiger partial charge < -0.3 is 5.11 Å². The fraction of sp³-hybridized carbons (Fsp3) is 0. The highest BCUT2D eigenvalue weighted by Gasteiger charge is 2.20. The maximum Gasteiger partial charge on any atom is 0.336 e. The molecule has 0 radical (unpaired) electrons. The molecule has 0 fully saturated rings. The summed E-state index contributed by atoms with van der Waals surface area (Å²) in [5.41, 5.74) is -0.178. The van der Waals surface area contributed by atoms with Crippen molar-refractivity contribution in [2.24, 2.45) is 0 Å². The zero-order chi connectivity index (χ0) is 24.1. The van der Waals surface area contributed by atoms with Crippen molar-refractivity contribution in [2.45, 2.75) is 0 Å². The van der Waals surface area contributed by atoms with Gasteiger partial charge in [0.2, 0.25) is 0 Å². The molecule has 0 saturated heterocycles. The summed E-state index contributed by atoms with van der Waals surface area (Å²) in [6.07, 6.45) is 0. The van der Waals surface area contributed by atoms with Gasteiger partial charge in [0.05, 0.1) is 28.0 Å². The molecule has 0 aliphatic heterocycles. The number of carboxylic acids is 1. The first-order valence-electron chi connectivity index (χ1n) is 9.81. The van der Waals surface area contributed by atoms with E-state index in [-0.39, 0.29) is 49.9 Å². The first kappa shape index (κ1) is 21.4. The topological polar surface area (TPSA) is 63.1 Å². The third-order valence-electron chi connectivity index (χ3n) is 5.36. The lowest BCUT2D eigenvalue weighted by molar-refractivity contribution is 0.0699. The molecule has 3 aromatic carbocycles. The number of benzene rings is 3. The van der Waals surface area contributed by atoms with E-state index >= 15 is 0 Å². The zero-order valence-electron chi connectivity index (χ0n) is 16.9. The molecule has 2 aromatic heterocycles. The number of rotatable bonds is 3. The van der Waals surface area contributed by atoms with E-state index in [0.717, 1.165) is 36.4 Å². The molecule has 0 aliphatic carbocycles. The second-order valence-electron chi connectivity index (χ2n) is 7.46. The predicted octanol–water partition coefficient (Wildman–Crippen LogP) is 6.51. The average molecular weight is 466 g/mol. The molecule has 4 nitrogen and oxygen atoms in total. The molecule has 34 heavy (non-hydrogen) atoms. The molecule has 9 heteroatoms. The Balaban J connectivity index is 1.86. The maximum absolute atomic E-state index is 14.5. The van der Waals surface area contributed by atoms with Gasteiger partial charge in [-0.05, 0) is 60.7 Å². The first-order valence-corrected chi connectivity index (χ1v) is 9.81. The number of carbonyl (C=O) groups is 1. The van der Waals surface area contributed by atoms with Crippen molar-refractivity contribution in [1.29, 1.82) is 0 Å². The van der Waals surface area contributed by atoms with E-state index in [9.17, 15) is 31.9 Å². The summed E-state index contributed by atoms with van der Waals surface area (Å²) in [6, 6.07) is 11.2. The van der Waals surface area contributed by atoms with Crippen LogP contribution in [0.4, 0.5) is 22.0 Å². The summed E-state index contributed by atoms with van der Waals surface area (Å²) in [5, 5.41) is 9.95. The number of halogens is 5. The Morgan fingerprint density at radius 2 is 1.24 bits per heavy atom. The van der Waals surface area contributed by atoms with Crippen molar-refractivity contribution in [1.82, 2.24) is 9.97 Å². The van der Waals surface area contributed by atoms with E-state index < -0.39 is 35.1 Å². The Morgan fingerprint density at radius 1 is 0.647 bits per heavy atom. The Labute approximate surface area is 187 Å². The Morgan fingerprint density at radius 3 is 1.88 bits per heavy atom. The number of carboxylic acid groups (broad SMARTS) is 1. The van der Waals surface area contributed by atoms with Crippen LogP contribution < -0.4 is 0 Å². The molecule has 5 rings (SSSR count). The summed E-state index contributed by atoms with van der Waals surface area (Å²) in [4.78, 5) is 20.5. The molecular formula is C25H11F5N2O2. The SMILES string of the molecule is O=C(O)c1cc(-c2cc(-c3ccc(F)c(F)c3F)nc3ccc(F)cc23)nc2ccc(F)cc12. The minimum atomic E-state index is -1.68. The quantitative estimate of drug-likeness (QED) is 0.243. The van der Waals surface area contributed by atoms with Gasteiger partial charge >= 0.3 is 5.97 Å². The zero-order valence-corrected chi connectivity index (χ0v) is 16.9. The van der Waals surface area contributed by atoms with Crippen LogP contribution >= 0.6 is 0 Å². The Bertz CT molecular complexity index is 1650. The number of hydrogen-bond donors (Lipinski definition) is 1. The van der Waals surface area contributed by atoms with Crippen molar-refractivity contribution < 1.29 is 31.9 Å². The van der Waals surface area contributed by atoms with E-state index in [2.05, 4.69) is 9.97 Å². The standard InChI is InChI=1S/C25H11F5N2O2/c26-11-1-5-19-14(7-11)16(9-21(31-19)13-3-4-18(28)24(30)23(13)29)22-10-17(25(33)34)15-8-12(27)2-6-20(15)32-22/h1-10H,(H,33,34). The number of hydrogen-bond acceptors (Lipinski definition) is 3. The van der Waals surface area contributed by atoms with Gasteiger partial charge in [0.15, 0.2) is 17.5 Å². The van der Waals surface area contributed by atoms with Gasteiger partial charge in [-0.15, -0.1) is 0 Å². The lowest BCUT2D eigenvalue weighted by atomic mass is 9.98. The molecule has 0 aliphatic rings. The van der Waals surface area contributed by atoms with E-state index in [1.807, 2.05) is 0 Å². The van der Waals surface area contributed by atoms with Crippen molar-refractivity contribution in [3.63, 3.8) is 0 Å². The lowest BCUT2D eigenvalue weighted by Crippen LogP contribution is -2.02. The van der Waals surface area contributed by atoms with Gasteiger partial charge in [0, 0.05) is 21.9 Å². The Hall–Kier alpha value is -4.40. The van der Waals surface area contributed by atoms with Crippen molar-refractivity contribution in [3.05, 3.63) is 95.3 Å². The lowest BCUT2D eigenvalue weighted by Gasteiger charge is -2.13. The highest BCUT2D eigenvalue weighted by atomic mass is 19.2. The minimum absolute atomic E-state index is 0.0488. The number of pyridine rings is 2. The van der Waals surface area contributed by atoms with E-state index in [4.69, 9.17) is 0 Å². The first-order chi connectivity index (χ1) is 16.2. The van der Waals surface area contributed by atoms with Crippen LogP contribution in [0.2, 0.25) is 0 Å². The van der Waals surface area contributed by atoms with Crippen molar-refractivity contribution in [2.75, 3.05) is 0 Å². The molecule has 0 bridgehead atoms. The smallest absolute Gasteiger partial charge is 0.336 e. The van der Waals surface area contributed by atoms with Crippen LogP contribution in [-0.4, -0.2) is 21.0 Å². The molecule has 0 amide bonds. The van der Waals surface area contributed by atoms with Crippen LogP contribution in [0.5, 0.6) is 0 Å². The summed E-state index contributed by atoms with van der Waals surface area (Å²) >= 11 is 0. The molecule has 0 saturated carbocycles. The van der Waals surface area contributed by atoms with Gasteiger partial charge in [0.1, 0.15) is 11.6 Å². The van der Waals surface area contributed by atoms with Gasteiger partial charge in [-0.25, -0.2) is 36.7 Å². The van der Waals surface area contributed by atoms with E-state index in [1.54, 1.807) is 0 Å². The third-order valence-corrected chi connectivity index (χ3v) is 5.36. The molecule has 0 atom stereocenters. The van der Waals surface area contributed by atoms with Crippen LogP contribution in [0, 0.1) is 29.1 Å². The van der Waals surface area contributed by atoms with Crippen LogP contribution in [0.25, 0.3) is 44.3 Å². The minimum Gasteiger partial charge on any atom is -0.478 e. The fourth-order valence-electron chi connectivity index (χ4n) is 3.78. The average Bonchev–Trinajstić information content (AvgIpc) is 2.81.